The van der Waals surface area contributed by atoms with E-state index in [1.165, 1.54) is 0 Å². The molecule has 3 rings (SSSR count). The zero-order valence-electron chi connectivity index (χ0n) is 14.1. The van der Waals surface area contributed by atoms with Gasteiger partial charge in [0, 0.05) is 30.4 Å². The van der Waals surface area contributed by atoms with Gasteiger partial charge in [0.15, 0.2) is 0 Å². The topological polar surface area (TPSA) is 68.2 Å². The first-order valence-electron chi connectivity index (χ1n) is 8.39. The molecule has 0 saturated heterocycles. The Morgan fingerprint density at radius 1 is 1.38 bits per heavy atom. The average Bonchev–Trinajstić information content (AvgIpc) is 3.08. The molecule has 2 heterocycles. The number of benzene rings is 1. The highest BCUT2D eigenvalue weighted by Crippen LogP contribution is 2.31. The molecule has 0 spiro atoms. The second-order valence-electron chi connectivity index (χ2n) is 6.25. The smallest absolute Gasteiger partial charge is 0.237 e. The molecule has 2 aromatic rings. The largest absolute Gasteiger partial charge is 0.493 e. The van der Waals surface area contributed by atoms with Gasteiger partial charge in [0.25, 0.3) is 0 Å². The van der Waals surface area contributed by atoms with Crippen LogP contribution in [0.15, 0.2) is 42.7 Å². The summed E-state index contributed by atoms with van der Waals surface area (Å²) < 4.78 is 7.50. The minimum atomic E-state index is -0.273. The van der Waals surface area contributed by atoms with Crippen LogP contribution in [-0.2, 0) is 11.3 Å². The summed E-state index contributed by atoms with van der Waals surface area (Å²) in [6, 6.07) is 9.65. The fraction of sp³-hybridized carbons (Fsp3) is 0.444. The summed E-state index contributed by atoms with van der Waals surface area (Å²) in [6.07, 6.45) is 4.46. The van der Waals surface area contributed by atoms with E-state index in [4.69, 9.17) is 4.74 Å². The van der Waals surface area contributed by atoms with Crippen molar-refractivity contribution in [3.8, 4) is 5.75 Å². The number of ether oxygens (including phenoxy) is 1. The maximum Gasteiger partial charge on any atom is 0.237 e. The number of rotatable bonds is 6. The molecule has 1 aromatic carbocycles. The number of hydrogen-bond donors (Lipinski definition) is 2. The van der Waals surface area contributed by atoms with Crippen molar-refractivity contribution in [2.45, 2.75) is 44.9 Å². The molecule has 1 aliphatic rings. The van der Waals surface area contributed by atoms with Crippen LogP contribution in [0.25, 0.3) is 0 Å². The molecule has 6 nitrogen and oxygen atoms in total. The fourth-order valence-corrected chi connectivity index (χ4v) is 3.03. The summed E-state index contributed by atoms with van der Waals surface area (Å²) in [5, 5.41) is 10.7. The van der Waals surface area contributed by atoms with Gasteiger partial charge in [0.05, 0.1) is 25.2 Å². The highest BCUT2D eigenvalue weighted by atomic mass is 16.5. The van der Waals surface area contributed by atoms with E-state index in [2.05, 4.69) is 22.7 Å². The van der Waals surface area contributed by atoms with E-state index in [-0.39, 0.29) is 24.0 Å². The molecule has 24 heavy (non-hydrogen) atoms. The van der Waals surface area contributed by atoms with E-state index in [0.717, 1.165) is 24.3 Å². The van der Waals surface area contributed by atoms with Crippen LogP contribution in [0.1, 0.15) is 31.9 Å². The number of carbonyl (C=O) groups excluding carboxylic acids is 1. The van der Waals surface area contributed by atoms with E-state index in [0.29, 0.717) is 6.61 Å². The highest BCUT2D eigenvalue weighted by Gasteiger charge is 2.25. The molecule has 6 heteroatoms. The summed E-state index contributed by atoms with van der Waals surface area (Å²) in [5.74, 6) is 0.866. The molecule has 1 aliphatic heterocycles. The van der Waals surface area contributed by atoms with Gasteiger partial charge in [-0.2, -0.15) is 5.10 Å². The van der Waals surface area contributed by atoms with Crippen molar-refractivity contribution in [3.63, 3.8) is 0 Å². The third-order valence-electron chi connectivity index (χ3n) is 4.22. The predicted molar refractivity (Wildman–Crippen MR) is 91.7 cm³/mol. The molecular formula is C18H24N4O2. The lowest BCUT2D eigenvalue weighted by molar-refractivity contribution is -0.123. The number of nitrogens with one attached hydrogen (secondary N) is 2. The van der Waals surface area contributed by atoms with Crippen LogP contribution in [0, 0.1) is 0 Å². The molecule has 1 aromatic heterocycles. The van der Waals surface area contributed by atoms with E-state index in [1.54, 1.807) is 6.20 Å². The first-order valence-corrected chi connectivity index (χ1v) is 8.39. The zero-order chi connectivity index (χ0) is 16.9. The number of hydrogen-bond acceptors (Lipinski definition) is 4. The van der Waals surface area contributed by atoms with Gasteiger partial charge in [-0.15, -0.1) is 0 Å². The monoisotopic (exact) mass is 328 g/mol. The van der Waals surface area contributed by atoms with E-state index in [1.807, 2.05) is 48.1 Å². The van der Waals surface area contributed by atoms with Crippen LogP contribution in [-0.4, -0.2) is 34.4 Å². The molecule has 0 radical (unpaired) electrons. The van der Waals surface area contributed by atoms with Crippen LogP contribution in [0.2, 0.25) is 0 Å². The Balaban J connectivity index is 1.55. The van der Waals surface area contributed by atoms with Crippen LogP contribution in [0.5, 0.6) is 5.75 Å². The summed E-state index contributed by atoms with van der Waals surface area (Å²) in [6.45, 7) is 5.29. The van der Waals surface area contributed by atoms with E-state index in [9.17, 15) is 4.79 Å². The summed E-state index contributed by atoms with van der Waals surface area (Å²) in [7, 11) is 0. The lowest BCUT2D eigenvalue weighted by atomic mass is 10.0. The molecular weight excluding hydrogens is 304 g/mol. The van der Waals surface area contributed by atoms with Crippen molar-refractivity contribution >= 4 is 5.91 Å². The van der Waals surface area contributed by atoms with Gasteiger partial charge in [0.1, 0.15) is 5.75 Å². The van der Waals surface area contributed by atoms with Gasteiger partial charge in [-0.3, -0.25) is 9.48 Å². The Hall–Kier alpha value is -2.34. The molecule has 0 unspecified atom stereocenters. The maximum atomic E-state index is 12.5. The van der Waals surface area contributed by atoms with E-state index >= 15 is 0 Å². The molecule has 128 valence electrons. The Bertz CT molecular complexity index is 671. The zero-order valence-corrected chi connectivity index (χ0v) is 14.1. The second kappa shape index (κ2) is 7.49. The Labute approximate surface area is 142 Å². The van der Waals surface area contributed by atoms with Gasteiger partial charge < -0.3 is 15.4 Å². The third kappa shape index (κ3) is 3.94. The third-order valence-corrected chi connectivity index (χ3v) is 4.22. The number of aromatic nitrogens is 2. The van der Waals surface area contributed by atoms with Crippen molar-refractivity contribution < 1.29 is 9.53 Å². The minimum absolute atomic E-state index is 0.00372. The molecule has 2 N–H and O–H groups in total. The van der Waals surface area contributed by atoms with Gasteiger partial charge in [-0.1, -0.05) is 18.2 Å². The van der Waals surface area contributed by atoms with Crippen molar-refractivity contribution in [2.75, 3.05) is 6.61 Å². The minimum Gasteiger partial charge on any atom is -0.493 e. The number of para-hydroxylation sites is 1. The highest BCUT2D eigenvalue weighted by molar-refractivity contribution is 5.81. The second-order valence-corrected chi connectivity index (χ2v) is 6.25. The number of nitrogens with zero attached hydrogens (tertiary/aromatic N) is 2. The van der Waals surface area contributed by atoms with Crippen LogP contribution in [0.3, 0.4) is 0 Å². The average molecular weight is 328 g/mol. The summed E-state index contributed by atoms with van der Waals surface area (Å²) in [4.78, 5) is 12.5. The van der Waals surface area contributed by atoms with Crippen LogP contribution >= 0.6 is 0 Å². The normalized spacial score (nSPS) is 19.0. The van der Waals surface area contributed by atoms with Gasteiger partial charge in [0.2, 0.25) is 5.91 Å². The van der Waals surface area contributed by atoms with E-state index < -0.39 is 0 Å². The maximum absolute atomic E-state index is 12.5. The van der Waals surface area contributed by atoms with Crippen molar-refractivity contribution in [3.05, 3.63) is 48.3 Å². The standard InChI is InChI=1S/C18H24N4O2/c1-13(12-22-10-5-9-19-22)20-14(2)18(23)21-16-8-11-24-17-7-4-3-6-15(16)17/h3-7,9-10,13-14,16,20H,8,11-12H2,1-2H3,(H,21,23)/t13-,14+,16+/m1/s1. The van der Waals surface area contributed by atoms with Gasteiger partial charge >= 0.3 is 0 Å². The molecule has 0 bridgehead atoms. The first-order chi connectivity index (χ1) is 11.6. The van der Waals surface area contributed by atoms with Crippen molar-refractivity contribution in [1.82, 2.24) is 20.4 Å². The van der Waals surface area contributed by atoms with Crippen molar-refractivity contribution in [1.29, 1.82) is 0 Å². The predicted octanol–water partition coefficient (Wildman–Crippen LogP) is 1.89. The van der Waals surface area contributed by atoms with Gasteiger partial charge in [-0.05, 0) is 26.0 Å². The first kappa shape index (κ1) is 16.5. The molecule has 0 aliphatic carbocycles. The lowest BCUT2D eigenvalue weighted by Crippen LogP contribution is -2.48. The number of fused-ring (bicyclic) bond motifs is 1. The molecule has 0 fully saturated rings. The van der Waals surface area contributed by atoms with Crippen LogP contribution in [0.4, 0.5) is 0 Å². The Kier molecular flexibility index (Phi) is 5.15. The number of carbonyl (C=O) groups is 1. The summed E-state index contributed by atoms with van der Waals surface area (Å²) >= 11 is 0. The van der Waals surface area contributed by atoms with Crippen molar-refractivity contribution in [2.24, 2.45) is 0 Å². The Morgan fingerprint density at radius 3 is 3.00 bits per heavy atom. The number of amides is 1. The van der Waals surface area contributed by atoms with Gasteiger partial charge in [-0.25, -0.2) is 0 Å². The summed E-state index contributed by atoms with van der Waals surface area (Å²) in [5.41, 5.74) is 1.05. The van der Waals surface area contributed by atoms with Crippen LogP contribution < -0.4 is 15.4 Å². The molecule has 3 atom stereocenters. The molecule has 0 saturated carbocycles. The fourth-order valence-electron chi connectivity index (χ4n) is 3.03. The lowest BCUT2D eigenvalue weighted by Gasteiger charge is -2.28. The quantitative estimate of drug-likeness (QED) is 0.850. The SMILES string of the molecule is C[C@H](Cn1cccn1)N[C@@H](C)C(=O)N[C@H]1CCOc2ccccc21. The molecule has 1 amide bonds. The Morgan fingerprint density at radius 2 is 2.21 bits per heavy atom.